The number of methoxy groups -OCH3 is 1. The molecule has 0 aliphatic carbocycles. The quantitative estimate of drug-likeness (QED) is 0.782. The van der Waals surface area contributed by atoms with E-state index < -0.39 is 0 Å². The Morgan fingerprint density at radius 3 is 2.63 bits per heavy atom. The van der Waals surface area contributed by atoms with Crippen molar-refractivity contribution in [1.29, 1.82) is 0 Å². The summed E-state index contributed by atoms with van der Waals surface area (Å²) in [7, 11) is 2.94. The van der Waals surface area contributed by atoms with Crippen LogP contribution < -0.4 is 5.73 Å². The van der Waals surface area contributed by atoms with Crippen molar-refractivity contribution in [2.75, 3.05) is 26.4 Å². The summed E-state index contributed by atoms with van der Waals surface area (Å²) < 4.78 is 6.11. The molecule has 0 fully saturated rings. The highest BCUT2D eigenvalue weighted by Crippen LogP contribution is 2.18. The average Bonchev–Trinajstić information content (AvgIpc) is 2.70. The molecular formula is C12H20N4O3. The predicted molar refractivity (Wildman–Crippen MR) is 70.6 cm³/mol. The first kappa shape index (κ1) is 15.0. The Hall–Kier alpha value is -2.05. The smallest absolute Gasteiger partial charge is 0.307 e. The maximum atomic E-state index is 12.3. The zero-order valence-corrected chi connectivity index (χ0v) is 11.8. The molecule has 0 unspecified atom stereocenters. The molecule has 7 nitrogen and oxygen atoms in total. The zero-order valence-electron chi connectivity index (χ0n) is 11.8. The van der Waals surface area contributed by atoms with Crippen LogP contribution in [0.2, 0.25) is 0 Å². The lowest BCUT2D eigenvalue weighted by Gasteiger charge is -2.17. The monoisotopic (exact) mass is 268 g/mol. The number of amides is 1. The van der Waals surface area contributed by atoms with E-state index in [2.05, 4.69) is 9.84 Å². The topological polar surface area (TPSA) is 90.5 Å². The fourth-order valence-electron chi connectivity index (χ4n) is 1.69. The van der Waals surface area contributed by atoms with Crippen molar-refractivity contribution in [3.63, 3.8) is 0 Å². The Morgan fingerprint density at radius 1 is 1.47 bits per heavy atom. The number of nitrogen functional groups attached to an aromatic ring is 1. The third-order valence-electron chi connectivity index (χ3n) is 2.90. The fourth-order valence-corrected chi connectivity index (χ4v) is 1.69. The van der Waals surface area contributed by atoms with Gasteiger partial charge in [0, 0.05) is 20.1 Å². The maximum absolute atomic E-state index is 12.3. The van der Waals surface area contributed by atoms with Gasteiger partial charge in [-0.3, -0.25) is 14.3 Å². The standard InChI is InChI=1S/C12H20N4O3/c1-5-16-11(10(13)8(2)14-16)12(18)15(3)7-6-9(17)19-4/h5-7,13H2,1-4H3. The summed E-state index contributed by atoms with van der Waals surface area (Å²) >= 11 is 0. The van der Waals surface area contributed by atoms with E-state index in [4.69, 9.17) is 5.73 Å². The summed E-state index contributed by atoms with van der Waals surface area (Å²) in [5, 5.41) is 4.20. The summed E-state index contributed by atoms with van der Waals surface area (Å²) in [6.07, 6.45) is 0.151. The number of aryl methyl sites for hydroxylation is 2. The van der Waals surface area contributed by atoms with Crippen molar-refractivity contribution < 1.29 is 14.3 Å². The van der Waals surface area contributed by atoms with E-state index in [1.807, 2.05) is 6.92 Å². The second-order valence-electron chi connectivity index (χ2n) is 4.22. The van der Waals surface area contributed by atoms with Crippen LogP contribution in [0.5, 0.6) is 0 Å². The van der Waals surface area contributed by atoms with Crippen LogP contribution in [0.25, 0.3) is 0 Å². The van der Waals surface area contributed by atoms with Gasteiger partial charge in [0.2, 0.25) is 0 Å². The number of carbonyl (C=O) groups excluding carboxylic acids is 2. The molecule has 2 N–H and O–H groups in total. The normalized spacial score (nSPS) is 10.3. The summed E-state index contributed by atoms with van der Waals surface area (Å²) in [5.74, 6) is -0.600. The minimum absolute atomic E-state index is 0.151. The average molecular weight is 268 g/mol. The third-order valence-corrected chi connectivity index (χ3v) is 2.90. The lowest BCUT2D eigenvalue weighted by atomic mass is 10.2. The van der Waals surface area contributed by atoms with Crippen LogP contribution in [0.4, 0.5) is 5.69 Å². The minimum atomic E-state index is -0.354. The lowest BCUT2D eigenvalue weighted by molar-refractivity contribution is -0.140. The van der Waals surface area contributed by atoms with Crippen molar-refractivity contribution in [1.82, 2.24) is 14.7 Å². The first-order valence-corrected chi connectivity index (χ1v) is 6.07. The Kier molecular flexibility index (Phi) is 4.91. The summed E-state index contributed by atoms with van der Waals surface area (Å²) in [5.41, 5.74) is 7.26. The van der Waals surface area contributed by atoms with Gasteiger partial charge >= 0.3 is 5.97 Å². The van der Waals surface area contributed by atoms with Crippen LogP contribution in [0.3, 0.4) is 0 Å². The number of aromatic nitrogens is 2. The summed E-state index contributed by atoms with van der Waals surface area (Å²) in [4.78, 5) is 24.8. The zero-order chi connectivity index (χ0) is 14.6. The van der Waals surface area contributed by atoms with Gasteiger partial charge in [-0.1, -0.05) is 0 Å². The van der Waals surface area contributed by atoms with E-state index in [0.717, 1.165) is 0 Å². The molecule has 0 saturated carbocycles. The van der Waals surface area contributed by atoms with Crippen molar-refractivity contribution in [3.05, 3.63) is 11.4 Å². The van der Waals surface area contributed by atoms with Gasteiger partial charge in [0.05, 0.1) is 24.9 Å². The van der Waals surface area contributed by atoms with Crippen LogP contribution in [-0.2, 0) is 16.1 Å². The van der Waals surface area contributed by atoms with Crippen LogP contribution in [0, 0.1) is 6.92 Å². The van der Waals surface area contributed by atoms with Gasteiger partial charge in [-0.2, -0.15) is 5.10 Å². The van der Waals surface area contributed by atoms with Crippen molar-refractivity contribution in [2.45, 2.75) is 26.8 Å². The molecule has 0 atom stereocenters. The third kappa shape index (κ3) is 3.24. The molecule has 1 aromatic rings. The number of nitrogens with zero attached hydrogens (tertiary/aromatic N) is 3. The first-order chi connectivity index (χ1) is 8.92. The van der Waals surface area contributed by atoms with Crippen molar-refractivity contribution >= 4 is 17.6 Å². The number of hydrogen-bond donors (Lipinski definition) is 1. The molecule has 0 aliphatic heterocycles. The van der Waals surface area contributed by atoms with Gasteiger partial charge < -0.3 is 15.4 Å². The van der Waals surface area contributed by atoms with Gasteiger partial charge in [0.1, 0.15) is 5.69 Å². The first-order valence-electron chi connectivity index (χ1n) is 6.07. The Balaban J connectivity index is 2.85. The van der Waals surface area contributed by atoms with E-state index in [1.165, 1.54) is 12.0 Å². The maximum Gasteiger partial charge on any atom is 0.307 e. The van der Waals surface area contributed by atoms with Crippen molar-refractivity contribution in [2.24, 2.45) is 0 Å². The van der Waals surface area contributed by atoms with Gasteiger partial charge in [-0.25, -0.2) is 0 Å². The molecule has 1 heterocycles. The minimum Gasteiger partial charge on any atom is -0.469 e. The molecule has 106 valence electrons. The molecule has 1 rings (SSSR count). The number of hydrogen-bond acceptors (Lipinski definition) is 5. The van der Waals surface area contributed by atoms with Crippen LogP contribution in [0.1, 0.15) is 29.5 Å². The van der Waals surface area contributed by atoms with Gasteiger partial charge in [0.25, 0.3) is 5.91 Å². The van der Waals surface area contributed by atoms with E-state index in [-0.39, 0.29) is 24.8 Å². The van der Waals surface area contributed by atoms with E-state index in [9.17, 15) is 9.59 Å². The van der Waals surface area contributed by atoms with Gasteiger partial charge in [0.15, 0.2) is 0 Å². The molecule has 1 amide bonds. The van der Waals surface area contributed by atoms with Crippen LogP contribution in [-0.4, -0.2) is 47.3 Å². The predicted octanol–water partition coefficient (Wildman–Crippen LogP) is 0.429. The fraction of sp³-hybridized carbons (Fsp3) is 0.583. The molecule has 0 saturated heterocycles. The molecule has 7 heteroatoms. The molecular weight excluding hydrogens is 248 g/mol. The molecule has 0 spiro atoms. The Morgan fingerprint density at radius 2 is 2.11 bits per heavy atom. The number of esters is 1. The highest BCUT2D eigenvalue weighted by molar-refractivity contribution is 5.98. The van der Waals surface area contributed by atoms with Crippen LogP contribution in [0.15, 0.2) is 0 Å². The van der Waals surface area contributed by atoms with Gasteiger partial charge in [-0.15, -0.1) is 0 Å². The lowest BCUT2D eigenvalue weighted by Crippen LogP contribution is -2.31. The van der Waals surface area contributed by atoms with E-state index >= 15 is 0 Å². The largest absolute Gasteiger partial charge is 0.469 e. The number of anilines is 1. The second-order valence-corrected chi connectivity index (χ2v) is 4.22. The molecule has 1 aromatic heterocycles. The van der Waals surface area contributed by atoms with Gasteiger partial charge in [-0.05, 0) is 13.8 Å². The molecule has 0 aliphatic rings. The number of nitrogens with two attached hydrogens (primary N) is 1. The number of rotatable bonds is 5. The Bertz CT molecular complexity index is 482. The van der Waals surface area contributed by atoms with Crippen LogP contribution >= 0.6 is 0 Å². The second kappa shape index (κ2) is 6.21. The SMILES string of the molecule is CCn1nc(C)c(N)c1C(=O)N(C)CCC(=O)OC. The van der Waals surface area contributed by atoms with E-state index in [1.54, 1.807) is 18.7 Å². The highest BCUT2D eigenvalue weighted by Gasteiger charge is 2.22. The molecule has 19 heavy (non-hydrogen) atoms. The molecule has 0 bridgehead atoms. The summed E-state index contributed by atoms with van der Waals surface area (Å²) in [6.45, 7) is 4.48. The number of ether oxygens (including phenoxy) is 1. The molecule has 0 radical (unpaired) electrons. The Labute approximate surface area is 112 Å². The highest BCUT2D eigenvalue weighted by atomic mass is 16.5. The molecule has 0 aromatic carbocycles. The van der Waals surface area contributed by atoms with E-state index in [0.29, 0.717) is 23.6 Å². The summed E-state index contributed by atoms with van der Waals surface area (Å²) in [6, 6.07) is 0. The van der Waals surface area contributed by atoms with Crippen molar-refractivity contribution in [3.8, 4) is 0 Å². The number of carbonyl (C=O) groups is 2.